The van der Waals surface area contributed by atoms with Gasteiger partial charge < -0.3 is 5.32 Å². The van der Waals surface area contributed by atoms with E-state index in [0.29, 0.717) is 13.0 Å². The maximum absolute atomic E-state index is 10.6. The SMILES string of the molecule is CC(C)(C)c1[nH]ncc1NCCC(=O)Cl. The lowest BCUT2D eigenvalue weighted by Gasteiger charge is -2.18. The number of anilines is 1. The predicted octanol–water partition coefficient (Wildman–Crippen LogP) is 2.27. The maximum Gasteiger partial charge on any atom is 0.223 e. The molecule has 2 N–H and O–H groups in total. The molecule has 1 heterocycles. The van der Waals surface area contributed by atoms with E-state index in [1.165, 1.54) is 0 Å². The van der Waals surface area contributed by atoms with Crippen molar-refractivity contribution >= 4 is 22.5 Å². The molecule has 0 aliphatic heterocycles. The van der Waals surface area contributed by atoms with Crippen LogP contribution in [0, 0.1) is 0 Å². The van der Waals surface area contributed by atoms with Gasteiger partial charge in [-0.1, -0.05) is 20.8 Å². The summed E-state index contributed by atoms with van der Waals surface area (Å²) in [4.78, 5) is 10.6. The lowest BCUT2D eigenvalue weighted by molar-refractivity contribution is -0.111. The Balaban J connectivity index is 2.62. The fourth-order valence-corrected chi connectivity index (χ4v) is 1.38. The van der Waals surface area contributed by atoms with Gasteiger partial charge in [-0.15, -0.1) is 0 Å². The van der Waals surface area contributed by atoms with E-state index in [2.05, 4.69) is 36.3 Å². The zero-order valence-corrected chi connectivity index (χ0v) is 9.98. The van der Waals surface area contributed by atoms with Crippen LogP contribution in [0.15, 0.2) is 6.20 Å². The van der Waals surface area contributed by atoms with Crippen molar-refractivity contribution in [2.24, 2.45) is 0 Å². The Bertz CT molecular complexity index is 341. The van der Waals surface area contributed by atoms with Crippen molar-refractivity contribution in [1.29, 1.82) is 0 Å². The van der Waals surface area contributed by atoms with Crippen molar-refractivity contribution in [2.75, 3.05) is 11.9 Å². The summed E-state index contributed by atoms with van der Waals surface area (Å²) < 4.78 is 0. The van der Waals surface area contributed by atoms with E-state index in [1.54, 1.807) is 6.20 Å². The highest BCUT2D eigenvalue weighted by atomic mass is 35.5. The highest BCUT2D eigenvalue weighted by Crippen LogP contribution is 2.26. The van der Waals surface area contributed by atoms with Crippen molar-refractivity contribution in [3.63, 3.8) is 0 Å². The minimum absolute atomic E-state index is 0.00378. The zero-order chi connectivity index (χ0) is 11.5. The fourth-order valence-electron chi connectivity index (χ4n) is 1.29. The van der Waals surface area contributed by atoms with E-state index in [9.17, 15) is 4.79 Å². The highest BCUT2D eigenvalue weighted by Gasteiger charge is 2.19. The van der Waals surface area contributed by atoms with Crippen LogP contribution in [0.5, 0.6) is 0 Å². The van der Waals surface area contributed by atoms with Crippen molar-refractivity contribution in [2.45, 2.75) is 32.6 Å². The first-order chi connectivity index (χ1) is 6.91. The molecule has 0 amide bonds. The molecule has 5 heteroatoms. The van der Waals surface area contributed by atoms with Gasteiger partial charge in [0, 0.05) is 18.4 Å². The molecule has 0 aromatic carbocycles. The highest BCUT2D eigenvalue weighted by molar-refractivity contribution is 6.63. The largest absolute Gasteiger partial charge is 0.382 e. The molecule has 1 rings (SSSR count). The second-order valence-corrected chi connectivity index (χ2v) is 4.86. The summed E-state index contributed by atoms with van der Waals surface area (Å²) in [6.07, 6.45) is 2.04. The van der Waals surface area contributed by atoms with Crippen LogP contribution < -0.4 is 5.32 Å². The quantitative estimate of drug-likeness (QED) is 0.779. The predicted molar refractivity (Wildman–Crippen MR) is 61.3 cm³/mol. The number of H-pyrrole nitrogens is 1. The second-order valence-electron chi connectivity index (χ2n) is 4.44. The van der Waals surface area contributed by atoms with Gasteiger partial charge in [-0.2, -0.15) is 5.10 Å². The van der Waals surface area contributed by atoms with Gasteiger partial charge in [0.2, 0.25) is 5.24 Å². The Labute approximate surface area is 94.4 Å². The van der Waals surface area contributed by atoms with Gasteiger partial charge in [0.05, 0.1) is 17.6 Å². The van der Waals surface area contributed by atoms with Gasteiger partial charge in [0.1, 0.15) is 0 Å². The van der Waals surface area contributed by atoms with Crippen molar-refractivity contribution < 1.29 is 4.79 Å². The topological polar surface area (TPSA) is 57.8 Å². The minimum Gasteiger partial charge on any atom is -0.382 e. The first-order valence-electron chi connectivity index (χ1n) is 4.87. The lowest BCUT2D eigenvalue weighted by Crippen LogP contribution is -2.15. The van der Waals surface area contributed by atoms with E-state index in [0.717, 1.165) is 11.4 Å². The Morgan fingerprint density at radius 1 is 1.60 bits per heavy atom. The molecule has 0 atom stereocenters. The Morgan fingerprint density at radius 2 is 2.27 bits per heavy atom. The third-order valence-electron chi connectivity index (χ3n) is 2.03. The van der Waals surface area contributed by atoms with Crippen LogP contribution in [0.1, 0.15) is 32.9 Å². The third kappa shape index (κ3) is 3.55. The van der Waals surface area contributed by atoms with E-state index in [1.807, 2.05) is 0 Å². The van der Waals surface area contributed by atoms with Crippen LogP contribution in [-0.4, -0.2) is 22.0 Å². The number of nitrogens with zero attached hydrogens (tertiary/aromatic N) is 1. The molecule has 0 bridgehead atoms. The standard InChI is InChI=1S/C10H16ClN3O/c1-10(2,3)9-7(6-13-14-9)12-5-4-8(11)15/h6,12H,4-5H2,1-3H3,(H,13,14). The first-order valence-corrected chi connectivity index (χ1v) is 5.25. The summed E-state index contributed by atoms with van der Waals surface area (Å²) in [7, 11) is 0. The average molecular weight is 230 g/mol. The monoisotopic (exact) mass is 229 g/mol. The summed E-state index contributed by atoms with van der Waals surface area (Å²) >= 11 is 5.25. The maximum atomic E-state index is 10.6. The molecule has 0 fully saturated rings. The molecular formula is C10H16ClN3O. The number of nitrogens with one attached hydrogen (secondary N) is 2. The molecule has 84 valence electrons. The van der Waals surface area contributed by atoms with Crippen LogP contribution in [0.4, 0.5) is 5.69 Å². The van der Waals surface area contributed by atoms with E-state index in [4.69, 9.17) is 11.6 Å². The molecule has 1 aromatic rings. The smallest absolute Gasteiger partial charge is 0.223 e. The Morgan fingerprint density at radius 3 is 2.80 bits per heavy atom. The van der Waals surface area contributed by atoms with Gasteiger partial charge in [-0.3, -0.25) is 9.89 Å². The zero-order valence-electron chi connectivity index (χ0n) is 9.22. The molecule has 0 spiro atoms. The number of aromatic nitrogens is 2. The third-order valence-corrected chi connectivity index (χ3v) is 2.22. The normalized spacial score (nSPS) is 11.5. The first kappa shape index (κ1) is 12.0. The van der Waals surface area contributed by atoms with Gasteiger partial charge in [-0.05, 0) is 11.6 Å². The summed E-state index contributed by atoms with van der Waals surface area (Å²) in [5, 5.41) is 9.74. The molecular weight excluding hydrogens is 214 g/mol. The second kappa shape index (κ2) is 4.66. The molecule has 4 nitrogen and oxygen atoms in total. The number of aromatic amines is 1. The minimum atomic E-state index is -0.330. The Kier molecular flexibility index (Phi) is 3.74. The lowest BCUT2D eigenvalue weighted by atomic mass is 9.91. The molecule has 0 aliphatic rings. The van der Waals surface area contributed by atoms with Crippen LogP contribution in [-0.2, 0) is 10.2 Å². The summed E-state index contributed by atoms with van der Waals surface area (Å²) in [6, 6.07) is 0. The van der Waals surface area contributed by atoms with Crippen molar-refractivity contribution in [1.82, 2.24) is 10.2 Å². The number of carbonyl (C=O) groups excluding carboxylic acids is 1. The summed E-state index contributed by atoms with van der Waals surface area (Å²) in [5.74, 6) is 0. The molecule has 0 saturated carbocycles. The molecule has 0 radical (unpaired) electrons. The molecule has 0 aliphatic carbocycles. The van der Waals surface area contributed by atoms with E-state index >= 15 is 0 Å². The van der Waals surface area contributed by atoms with Crippen molar-refractivity contribution in [3.8, 4) is 0 Å². The van der Waals surface area contributed by atoms with Gasteiger partial charge >= 0.3 is 0 Å². The molecule has 1 aromatic heterocycles. The molecule has 0 unspecified atom stereocenters. The number of hydrogen-bond acceptors (Lipinski definition) is 3. The Hall–Kier alpha value is -1.03. The molecule has 0 saturated heterocycles. The summed E-state index contributed by atoms with van der Waals surface area (Å²) in [5.41, 5.74) is 1.97. The number of hydrogen-bond donors (Lipinski definition) is 2. The van der Waals surface area contributed by atoms with Crippen LogP contribution in [0.25, 0.3) is 0 Å². The number of rotatable bonds is 4. The average Bonchev–Trinajstić information content (AvgIpc) is 2.50. The fraction of sp³-hybridized carbons (Fsp3) is 0.600. The van der Waals surface area contributed by atoms with Crippen molar-refractivity contribution in [3.05, 3.63) is 11.9 Å². The number of halogens is 1. The van der Waals surface area contributed by atoms with Gasteiger partial charge in [0.25, 0.3) is 0 Å². The van der Waals surface area contributed by atoms with E-state index in [-0.39, 0.29) is 10.7 Å². The number of carbonyl (C=O) groups is 1. The van der Waals surface area contributed by atoms with Gasteiger partial charge in [-0.25, -0.2) is 0 Å². The van der Waals surface area contributed by atoms with E-state index < -0.39 is 0 Å². The van der Waals surface area contributed by atoms with Crippen LogP contribution in [0.2, 0.25) is 0 Å². The van der Waals surface area contributed by atoms with Gasteiger partial charge in [0.15, 0.2) is 0 Å². The van der Waals surface area contributed by atoms with Crippen LogP contribution >= 0.6 is 11.6 Å². The summed E-state index contributed by atoms with van der Waals surface area (Å²) in [6.45, 7) is 6.82. The molecule has 15 heavy (non-hydrogen) atoms. The van der Waals surface area contributed by atoms with Crippen LogP contribution in [0.3, 0.4) is 0 Å².